The van der Waals surface area contributed by atoms with Crippen LogP contribution in [0.3, 0.4) is 0 Å². The van der Waals surface area contributed by atoms with Crippen molar-refractivity contribution in [3.63, 3.8) is 0 Å². The third-order valence-corrected chi connectivity index (χ3v) is 3.54. The van der Waals surface area contributed by atoms with Crippen LogP contribution in [-0.4, -0.2) is 66.1 Å². The van der Waals surface area contributed by atoms with Gasteiger partial charge >= 0.3 is 5.97 Å². The number of nitrogens with zero attached hydrogens (tertiary/aromatic N) is 2. The van der Waals surface area contributed by atoms with E-state index in [9.17, 15) is 9.59 Å². The lowest BCUT2D eigenvalue weighted by atomic mass is 9.84. The zero-order chi connectivity index (χ0) is 15.3. The standard InChI is InChI=1S/C14H27N3O3/c1-14(2,3)8-11(9-15)13(20)17-6-4-16(5-7-17)10-12(18)19/h11H,4-10,15H2,1-3H3,(H,18,19). The van der Waals surface area contributed by atoms with E-state index in [0.29, 0.717) is 32.7 Å². The Hall–Kier alpha value is -1.14. The topological polar surface area (TPSA) is 86.9 Å². The van der Waals surface area contributed by atoms with Crippen molar-refractivity contribution in [1.29, 1.82) is 0 Å². The highest BCUT2D eigenvalue weighted by atomic mass is 16.4. The largest absolute Gasteiger partial charge is 0.480 e. The summed E-state index contributed by atoms with van der Waals surface area (Å²) >= 11 is 0. The van der Waals surface area contributed by atoms with E-state index in [1.807, 2.05) is 9.80 Å². The number of nitrogens with two attached hydrogens (primary N) is 1. The molecule has 20 heavy (non-hydrogen) atoms. The van der Waals surface area contributed by atoms with Crippen LogP contribution in [0.15, 0.2) is 0 Å². The second-order valence-corrected chi connectivity index (χ2v) is 6.69. The van der Waals surface area contributed by atoms with Crippen molar-refractivity contribution in [3.05, 3.63) is 0 Å². The summed E-state index contributed by atoms with van der Waals surface area (Å²) in [7, 11) is 0. The first-order chi connectivity index (χ1) is 9.23. The molecule has 0 spiro atoms. The van der Waals surface area contributed by atoms with Crippen molar-refractivity contribution >= 4 is 11.9 Å². The Morgan fingerprint density at radius 1 is 1.20 bits per heavy atom. The molecule has 0 saturated carbocycles. The van der Waals surface area contributed by atoms with Crippen molar-refractivity contribution in [1.82, 2.24) is 9.80 Å². The molecule has 116 valence electrons. The van der Waals surface area contributed by atoms with Crippen molar-refractivity contribution in [3.8, 4) is 0 Å². The van der Waals surface area contributed by atoms with E-state index in [1.54, 1.807) is 0 Å². The second kappa shape index (κ2) is 7.04. The Labute approximate surface area is 120 Å². The van der Waals surface area contributed by atoms with Gasteiger partial charge in [-0.2, -0.15) is 0 Å². The van der Waals surface area contributed by atoms with Crippen LogP contribution in [0.5, 0.6) is 0 Å². The van der Waals surface area contributed by atoms with Crippen LogP contribution < -0.4 is 5.73 Å². The molecule has 6 nitrogen and oxygen atoms in total. The number of carbonyl (C=O) groups is 2. The molecule has 0 aliphatic carbocycles. The molecule has 1 atom stereocenters. The van der Waals surface area contributed by atoms with Gasteiger partial charge in [-0.3, -0.25) is 14.5 Å². The molecule has 0 aromatic heterocycles. The molecule has 1 aliphatic rings. The van der Waals surface area contributed by atoms with Gasteiger partial charge in [0.2, 0.25) is 5.91 Å². The third kappa shape index (κ3) is 5.46. The van der Waals surface area contributed by atoms with Gasteiger partial charge in [-0.05, 0) is 11.8 Å². The van der Waals surface area contributed by atoms with E-state index in [2.05, 4.69) is 20.8 Å². The Kier molecular flexibility index (Phi) is 5.95. The molecule has 6 heteroatoms. The summed E-state index contributed by atoms with van der Waals surface area (Å²) in [5.41, 5.74) is 5.82. The van der Waals surface area contributed by atoms with Gasteiger partial charge in [-0.1, -0.05) is 20.8 Å². The fraction of sp³-hybridized carbons (Fsp3) is 0.857. The Balaban J connectivity index is 2.50. The van der Waals surface area contributed by atoms with Crippen molar-refractivity contribution in [2.45, 2.75) is 27.2 Å². The van der Waals surface area contributed by atoms with E-state index in [1.165, 1.54) is 0 Å². The number of hydrogen-bond donors (Lipinski definition) is 2. The van der Waals surface area contributed by atoms with E-state index >= 15 is 0 Å². The van der Waals surface area contributed by atoms with Crippen LogP contribution in [0.2, 0.25) is 0 Å². The first-order valence-electron chi connectivity index (χ1n) is 7.16. The minimum absolute atomic E-state index is 0.0460. The smallest absolute Gasteiger partial charge is 0.317 e. The number of carboxylic acid groups (broad SMARTS) is 1. The minimum Gasteiger partial charge on any atom is -0.480 e. The number of amides is 1. The van der Waals surface area contributed by atoms with Crippen LogP contribution in [0.1, 0.15) is 27.2 Å². The average Bonchev–Trinajstić information content (AvgIpc) is 2.34. The SMILES string of the molecule is CC(C)(C)CC(CN)C(=O)N1CCN(CC(=O)O)CC1. The number of carboxylic acids is 1. The highest BCUT2D eigenvalue weighted by Gasteiger charge is 2.29. The molecule has 0 radical (unpaired) electrons. The summed E-state index contributed by atoms with van der Waals surface area (Å²) in [6, 6.07) is 0. The molecular weight excluding hydrogens is 258 g/mol. The maximum Gasteiger partial charge on any atom is 0.317 e. The molecule has 0 bridgehead atoms. The molecule has 3 N–H and O–H groups in total. The number of piperazine rings is 1. The van der Waals surface area contributed by atoms with Gasteiger partial charge in [-0.15, -0.1) is 0 Å². The Morgan fingerprint density at radius 2 is 1.75 bits per heavy atom. The van der Waals surface area contributed by atoms with Gasteiger partial charge in [0.15, 0.2) is 0 Å². The lowest BCUT2D eigenvalue weighted by molar-refractivity contribution is -0.140. The summed E-state index contributed by atoms with van der Waals surface area (Å²) < 4.78 is 0. The van der Waals surface area contributed by atoms with Crippen molar-refractivity contribution < 1.29 is 14.7 Å². The molecule has 1 fully saturated rings. The predicted molar refractivity (Wildman–Crippen MR) is 77.3 cm³/mol. The third-order valence-electron chi connectivity index (χ3n) is 3.54. The van der Waals surface area contributed by atoms with Crippen LogP contribution >= 0.6 is 0 Å². The maximum absolute atomic E-state index is 12.4. The second-order valence-electron chi connectivity index (χ2n) is 6.69. The molecule has 1 saturated heterocycles. The number of aliphatic carboxylic acids is 1. The number of rotatable bonds is 5. The van der Waals surface area contributed by atoms with Crippen LogP contribution in [0.4, 0.5) is 0 Å². The summed E-state index contributed by atoms with van der Waals surface area (Å²) in [5.74, 6) is -0.851. The van der Waals surface area contributed by atoms with Crippen LogP contribution in [0.25, 0.3) is 0 Å². The lowest BCUT2D eigenvalue weighted by Gasteiger charge is -2.36. The molecule has 1 unspecified atom stereocenters. The van der Waals surface area contributed by atoms with Crippen molar-refractivity contribution in [2.24, 2.45) is 17.1 Å². The number of carbonyl (C=O) groups excluding carboxylic acids is 1. The Bertz CT molecular complexity index is 344. The van der Waals surface area contributed by atoms with Crippen LogP contribution in [0, 0.1) is 11.3 Å². The molecule has 1 heterocycles. The molecule has 0 aromatic carbocycles. The van der Waals surface area contributed by atoms with Gasteiger partial charge in [0.25, 0.3) is 0 Å². The summed E-state index contributed by atoms with van der Waals surface area (Å²) in [4.78, 5) is 26.8. The maximum atomic E-state index is 12.4. The van der Waals surface area contributed by atoms with E-state index < -0.39 is 5.97 Å². The van der Waals surface area contributed by atoms with E-state index in [4.69, 9.17) is 10.8 Å². The van der Waals surface area contributed by atoms with Gasteiger partial charge in [0.05, 0.1) is 12.5 Å². The van der Waals surface area contributed by atoms with Crippen LogP contribution in [-0.2, 0) is 9.59 Å². The van der Waals surface area contributed by atoms with Gasteiger partial charge in [0.1, 0.15) is 0 Å². The first kappa shape index (κ1) is 16.9. The molecule has 0 aromatic rings. The molecule has 1 rings (SSSR count). The highest BCUT2D eigenvalue weighted by molar-refractivity contribution is 5.79. The van der Waals surface area contributed by atoms with Gasteiger partial charge in [0, 0.05) is 32.7 Å². The quantitative estimate of drug-likeness (QED) is 0.755. The van der Waals surface area contributed by atoms with Gasteiger partial charge < -0.3 is 15.7 Å². The summed E-state index contributed by atoms with van der Waals surface area (Å²) in [5, 5.41) is 8.76. The monoisotopic (exact) mass is 285 g/mol. The first-order valence-corrected chi connectivity index (χ1v) is 7.16. The number of hydrogen-bond acceptors (Lipinski definition) is 4. The minimum atomic E-state index is -0.822. The highest BCUT2D eigenvalue weighted by Crippen LogP contribution is 2.25. The van der Waals surface area contributed by atoms with Crippen molar-refractivity contribution in [2.75, 3.05) is 39.3 Å². The summed E-state index contributed by atoms with van der Waals surface area (Å²) in [6.45, 7) is 9.14. The average molecular weight is 285 g/mol. The molecular formula is C14H27N3O3. The molecule has 1 aliphatic heterocycles. The van der Waals surface area contributed by atoms with E-state index in [0.717, 1.165) is 6.42 Å². The van der Waals surface area contributed by atoms with Gasteiger partial charge in [-0.25, -0.2) is 0 Å². The lowest BCUT2D eigenvalue weighted by Crippen LogP contribution is -2.52. The normalized spacial score (nSPS) is 18.9. The molecule has 1 amide bonds. The zero-order valence-corrected chi connectivity index (χ0v) is 12.8. The fourth-order valence-corrected chi connectivity index (χ4v) is 2.59. The predicted octanol–water partition coefficient (Wildman–Crippen LogP) is 0.226. The Morgan fingerprint density at radius 3 is 2.15 bits per heavy atom. The summed E-state index contributed by atoms with van der Waals surface area (Å²) in [6.07, 6.45) is 0.775. The zero-order valence-electron chi connectivity index (χ0n) is 12.8. The van der Waals surface area contributed by atoms with E-state index in [-0.39, 0.29) is 23.8 Å². The fourth-order valence-electron chi connectivity index (χ4n) is 2.59.